The van der Waals surface area contributed by atoms with E-state index in [0.717, 1.165) is 64.2 Å². The molecule has 0 spiro atoms. The summed E-state index contributed by atoms with van der Waals surface area (Å²) in [6.07, 6.45) is 38.4. The van der Waals surface area contributed by atoms with Crippen molar-refractivity contribution in [2.45, 2.75) is 300 Å². The molecule has 0 aliphatic carbocycles. The summed E-state index contributed by atoms with van der Waals surface area (Å²) in [7, 11) is 0. The van der Waals surface area contributed by atoms with Crippen LogP contribution in [-0.4, -0.2) is 142 Å². The van der Waals surface area contributed by atoms with Crippen molar-refractivity contribution < 1.29 is 73.8 Å². The standard InChI is InChI=1S/C61H108O15/c1-3-5-7-9-11-13-15-17-19-21-23-24-26-27-29-31-33-35-37-39-41-43-52(63)71-46-49(74-53(64)44-42-40-38-36-34-32-30-28-25-22-20-18-16-14-12-10-8-6-4-2)47-72-60-59(70)57(68)55(66)51(76-60)48-73-61-58(69)56(67)54(65)50(45-62)75-61/h12,14,18,20,25,28,32,34,49-51,54-62,65-70H,3-11,13,15-17,19,21-24,26-27,29-31,33,35-48H2,1-2H3/b14-12+,20-18+,28-25+,34-32+/t49-,50+,51+,54-,55-,56?,57?,58?,59?,60+,61+/m0/s1. The van der Waals surface area contributed by atoms with Crippen LogP contribution in [0.5, 0.6) is 0 Å². The van der Waals surface area contributed by atoms with E-state index in [-0.39, 0.29) is 19.4 Å². The fourth-order valence-corrected chi connectivity index (χ4v) is 9.38. The van der Waals surface area contributed by atoms with Gasteiger partial charge >= 0.3 is 11.9 Å². The molecule has 2 rings (SSSR count). The molecule has 11 atom stereocenters. The highest BCUT2D eigenvalue weighted by atomic mass is 16.7. The number of carbonyl (C=O) groups excluding carboxylic acids is 2. The highest BCUT2D eigenvalue weighted by Crippen LogP contribution is 2.27. The summed E-state index contributed by atoms with van der Waals surface area (Å²) < 4.78 is 33.7. The first-order chi connectivity index (χ1) is 37.0. The Morgan fingerprint density at radius 1 is 0.421 bits per heavy atom. The van der Waals surface area contributed by atoms with Crippen molar-refractivity contribution in [1.29, 1.82) is 0 Å². The van der Waals surface area contributed by atoms with Gasteiger partial charge in [-0.25, -0.2) is 0 Å². The summed E-state index contributed by atoms with van der Waals surface area (Å²) in [5.74, 6) is -0.952. The van der Waals surface area contributed by atoms with Gasteiger partial charge in [0.25, 0.3) is 0 Å². The molecule has 0 radical (unpaired) electrons. The molecule has 2 saturated heterocycles. The quantitative estimate of drug-likeness (QED) is 0.0171. The van der Waals surface area contributed by atoms with E-state index in [2.05, 4.69) is 62.5 Å². The Labute approximate surface area is 458 Å². The Hall–Kier alpha value is -2.54. The zero-order valence-electron chi connectivity index (χ0n) is 47.2. The molecule has 2 aliphatic heterocycles. The molecule has 0 aromatic heterocycles. The van der Waals surface area contributed by atoms with Crippen LogP contribution in [0.15, 0.2) is 48.6 Å². The number of rotatable bonds is 48. The van der Waals surface area contributed by atoms with Gasteiger partial charge in [-0.2, -0.15) is 0 Å². The minimum absolute atomic E-state index is 0.128. The van der Waals surface area contributed by atoms with E-state index in [1.807, 2.05) is 0 Å². The minimum Gasteiger partial charge on any atom is -0.462 e. The number of aliphatic hydroxyl groups excluding tert-OH is 7. The topological polar surface area (TPSA) is 231 Å². The predicted molar refractivity (Wildman–Crippen MR) is 298 cm³/mol. The van der Waals surface area contributed by atoms with Crippen molar-refractivity contribution in [3.8, 4) is 0 Å². The summed E-state index contributed by atoms with van der Waals surface area (Å²) in [5.41, 5.74) is 0. The molecular weight excluding hydrogens is 973 g/mol. The van der Waals surface area contributed by atoms with E-state index < -0.39 is 99.3 Å². The van der Waals surface area contributed by atoms with Crippen LogP contribution in [0.25, 0.3) is 0 Å². The maximum Gasteiger partial charge on any atom is 0.306 e. The van der Waals surface area contributed by atoms with E-state index in [0.29, 0.717) is 12.8 Å². The summed E-state index contributed by atoms with van der Waals surface area (Å²) >= 11 is 0. The minimum atomic E-state index is -1.77. The highest BCUT2D eigenvalue weighted by molar-refractivity contribution is 5.70. The van der Waals surface area contributed by atoms with Gasteiger partial charge in [-0.1, -0.05) is 210 Å². The lowest BCUT2D eigenvalue weighted by atomic mass is 9.98. The largest absolute Gasteiger partial charge is 0.462 e. The van der Waals surface area contributed by atoms with Crippen molar-refractivity contribution in [2.24, 2.45) is 0 Å². The van der Waals surface area contributed by atoms with E-state index in [4.69, 9.17) is 28.4 Å². The molecule has 76 heavy (non-hydrogen) atoms. The molecular formula is C61H108O15. The molecule has 0 saturated carbocycles. The van der Waals surface area contributed by atoms with Crippen LogP contribution in [0.1, 0.15) is 232 Å². The molecule has 442 valence electrons. The molecule has 7 N–H and O–H groups in total. The van der Waals surface area contributed by atoms with E-state index in [9.17, 15) is 45.3 Å². The third-order valence-corrected chi connectivity index (χ3v) is 14.3. The lowest BCUT2D eigenvalue weighted by Gasteiger charge is -2.42. The number of carbonyl (C=O) groups is 2. The monoisotopic (exact) mass is 1080 g/mol. The normalized spacial score (nSPS) is 24.6. The summed E-state index contributed by atoms with van der Waals surface area (Å²) in [4.78, 5) is 25.9. The first-order valence-electron chi connectivity index (χ1n) is 30.2. The van der Waals surface area contributed by atoms with Crippen LogP contribution in [0.3, 0.4) is 0 Å². The SMILES string of the molecule is CCCCC/C=C/C/C=C/C/C=C/C/C=C/CCCCCC(=O)O[C@@H](COC(=O)CCCCCCCCCCCCCCCCCCCCCCC)CO[C@@H]1O[C@H](CO[C@@H]2O[C@H](CO)[C@H](O)C(O)C2O)[C@H](O)C(O)C1O. The van der Waals surface area contributed by atoms with Crippen LogP contribution in [0.4, 0.5) is 0 Å². The molecule has 0 amide bonds. The van der Waals surface area contributed by atoms with Gasteiger partial charge in [-0.05, 0) is 57.8 Å². The lowest BCUT2D eigenvalue weighted by Crippen LogP contribution is -2.61. The second-order valence-electron chi connectivity index (χ2n) is 21.2. The van der Waals surface area contributed by atoms with Crippen molar-refractivity contribution in [3.63, 3.8) is 0 Å². The lowest BCUT2D eigenvalue weighted by molar-refractivity contribution is -0.332. The average Bonchev–Trinajstić information content (AvgIpc) is 3.41. The first-order valence-corrected chi connectivity index (χ1v) is 30.2. The maximum atomic E-state index is 13.1. The van der Waals surface area contributed by atoms with Gasteiger partial charge < -0.3 is 64.2 Å². The van der Waals surface area contributed by atoms with Gasteiger partial charge in [-0.3, -0.25) is 9.59 Å². The Morgan fingerprint density at radius 3 is 1.26 bits per heavy atom. The Bertz CT molecular complexity index is 1500. The van der Waals surface area contributed by atoms with E-state index in [1.165, 1.54) is 128 Å². The third-order valence-electron chi connectivity index (χ3n) is 14.3. The summed E-state index contributed by atoms with van der Waals surface area (Å²) in [6, 6.07) is 0. The maximum absolute atomic E-state index is 13.1. The average molecular weight is 1080 g/mol. The number of aliphatic hydroxyl groups is 7. The fourth-order valence-electron chi connectivity index (χ4n) is 9.38. The van der Waals surface area contributed by atoms with Crippen molar-refractivity contribution in [2.75, 3.05) is 26.4 Å². The third kappa shape index (κ3) is 33.8. The Balaban J connectivity index is 1.75. The van der Waals surface area contributed by atoms with Crippen LogP contribution in [-0.2, 0) is 38.0 Å². The van der Waals surface area contributed by atoms with Gasteiger partial charge in [0.05, 0.1) is 19.8 Å². The number of allylic oxidation sites excluding steroid dienone is 8. The molecule has 0 aromatic rings. The van der Waals surface area contributed by atoms with Gasteiger partial charge in [-0.15, -0.1) is 0 Å². The molecule has 0 bridgehead atoms. The number of ether oxygens (including phenoxy) is 6. The summed E-state index contributed by atoms with van der Waals surface area (Å²) in [6.45, 7) is 2.57. The first kappa shape index (κ1) is 69.6. The number of hydrogen-bond donors (Lipinski definition) is 7. The van der Waals surface area contributed by atoms with Gasteiger partial charge in [0.2, 0.25) is 0 Å². The fraction of sp³-hybridized carbons (Fsp3) is 0.836. The molecule has 15 nitrogen and oxygen atoms in total. The van der Waals surface area contributed by atoms with Gasteiger partial charge in [0, 0.05) is 12.8 Å². The van der Waals surface area contributed by atoms with Crippen LogP contribution >= 0.6 is 0 Å². The Morgan fingerprint density at radius 2 is 0.789 bits per heavy atom. The Kier molecular flexibility index (Phi) is 43.3. The van der Waals surface area contributed by atoms with Crippen molar-refractivity contribution >= 4 is 11.9 Å². The van der Waals surface area contributed by atoms with Crippen LogP contribution in [0, 0.1) is 0 Å². The molecule has 0 aromatic carbocycles. The molecule has 2 fully saturated rings. The zero-order chi connectivity index (χ0) is 55.3. The van der Waals surface area contributed by atoms with Gasteiger partial charge in [0.1, 0.15) is 55.4 Å². The number of esters is 2. The number of unbranched alkanes of at least 4 members (excludes halogenated alkanes) is 26. The van der Waals surface area contributed by atoms with Crippen molar-refractivity contribution in [1.82, 2.24) is 0 Å². The zero-order valence-corrected chi connectivity index (χ0v) is 47.2. The predicted octanol–water partition coefficient (Wildman–Crippen LogP) is 10.6. The molecule has 2 heterocycles. The van der Waals surface area contributed by atoms with E-state index in [1.54, 1.807) is 0 Å². The second-order valence-corrected chi connectivity index (χ2v) is 21.2. The molecule has 2 aliphatic rings. The smallest absolute Gasteiger partial charge is 0.306 e. The van der Waals surface area contributed by atoms with Gasteiger partial charge in [0.15, 0.2) is 18.7 Å². The van der Waals surface area contributed by atoms with Crippen LogP contribution in [0.2, 0.25) is 0 Å². The van der Waals surface area contributed by atoms with Crippen molar-refractivity contribution in [3.05, 3.63) is 48.6 Å². The molecule has 4 unspecified atom stereocenters. The van der Waals surface area contributed by atoms with E-state index >= 15 is 0 Å². The highest BCUT2D eigenvalue weighted by Gasteiger charge is 2.47. The summed E-state index contributed by atoms with van der Waals surface area (Å²) in [5, 5.41) is 72.3. The second kappa shape index (κ2) is 47.3. The van der Waals surface area contributed by atoms with Crippen LogP contribution < -0.4 is 0 Å². The number of hydrogen-bond acceptors (Lipinski definition) is 15. The molecule has 15 heteroatoms.